The van der Waals surface area contributed by atoms with Crippen LogP contribution in [0.5, 0.6) is 0 Å². The van der Waals surface area contributed by atoms with Crippen LogP contribution in [-0.4, -0.2) is 38.2 Å². The van der Waals surface area contributed by atoms with Crippen LogP contribution < -0.4 is 5.73 Å². The van der Waals surface area contributed by atoms with Crippen molar-refractivity contribution < 1.29 is 4.79 Å². The molecule has 1 aliphatic carbocycles. The highest BCUT2D eigenvalue weighted by atomic mass is 16.2. The van der Waals surface area contributed by atoms with Gasteiger partial charge in [-0.15, -0.1) is 10.2 Å². The van der Waals surface area contributed by atoms with Crippen molar-refractivity contribution in [2.45, 2.75) is 51.2 Å². The molecule has 1 saturated carbocycles. The van der Waals surface area contributed by atoms with E-state index in [1.54, 1.807) is 6.33 Å². The van der Waals surface area contributed by atoms with Crippen LogP contribution in [0.2, 0.25) is 0 Å². The first-order valence-corrected chi connectivity index (χ1v) is 7.12. The standard InChI is InChI=1S/C13H21N5O/c14-11-3-1-2-10(6-11)7-13(19)17-4-5-18-9-15-16-12(18)8-17/h9-11H,1-8,14H2. The predicted octanol–water partition coefficient (Wildman–Crippen LogP) is 0.528. The number of aromatic nitrogens is 3. The van der Waals surface area contributed by atoms with Crippen LogP contribution in [0.1, 0.15) is 37.9 Å². The lowest BCUT2D eigenvalue weighted by atomic mass is 9.84. The molecule has 1 aromatic rings. The first kappa shape index (κ1) is 12.6. The van der Waals surface area contributed by atoms with Crippen molar-refractivity contribution in [2.24, 2.45) is 11.7 Å². The van der Waals surface area contributed by atoms with Crippen LogP contribution in [0.15, 0.2) is 6.33 Å². The van der Waals surface area contributed by atoms with Gasteiger partial charge in [0.15, 0.2) is 5.82 Å². The van der Waals surface area contributed by atoms with E-state index in [1.807, 2.05) is 9.47 Å². The molecule has 2 heterocycles. The highest BCUT2D eigenvalue weighted by Gasteiger charge is 2.26. The SMILES string of the molecule is NC1CCCC(CC(=O)N2CCn3cnnc3C2)C1. The number of carbonyl (C=O) groups excluding carboxylic acids is 1. The highest BCUT2D eigenvalue weighted by molar-refractivity contribution is 5.76. The fourth-order valence-electron chi connectivity index (χ4n) is 3.17. The van der Waals surface area contributed by atoms with Gasteiger partial charge in [-0.2, -0.15) is 0 Å². The van der Waals surface area contributed by atoms with Crippen molar-refractivity contribution in [1.29, 1.82) is 0 Å². The smallest absolute Gasteiger partial charge is 0.223 e. The summed E-state index contributed by atoms with van der Waals surface area (Å²) in [7, 11) is 0. The zero-order chi connectivity index (χ0) is 13.2. The summed E-state index contributed by atoms with van der Waals surface area (Å²) in [5, 5.41) is 7.93. The number of nitrogens with zero attached hydrogens (tertiary/aromatic N) is 4. The van der Waals surface area contributed by atoms with Gasteiger partial charge in [0, 0.05) is 25.6 Å². The van der Waals surface area contributed by atoms with Gasteiger partial charge in [0.25, 0.3) is 0 Å². The summed E-state index contributed by atoms with van der Waals surface area (Å²) < 4.78 is 2.01. The molecule has 1 aromatic heterocycles. The third-order valence-electron chi connectivity index (χ3n) is 4.28. The molecule has 0 aromatic carbocycles. The monoisotopic (exact) mass is 263 g/mol. The summed E-state index contributed by atoms with van der Waals surface area (Å²) in [6.45, 7) is 2.17. The summed E-state index contributed by atoms with van der Waals surface area (Å²) in [6.07, 6.45) is 6.78. The number of hydrogen-bond donors (Lipinski definition) is 1. The van der Waals surface area contributed by atoms with E-state index in [4.69, 9.17) is 5.73 Å². The Balaban J connectivity index is 1.56. The van der Waals surface area contributed by atoms with Gasteiger partial charge in [-0.05, 0) is 25.2 Å². The van der Waals surface area contributed by atoms with E-state index < -0.39 is 0 Å². The van der Waals surface area contributed by atoms with Gasteiger partial charge in [0.2, 0.25) is 5.91 Å². The molecule has 1 amide bonds. The van der Waals surface area contributed by atoms with E-state index in [0.717, 1.165) is 44.6 Å². The second kappa shape index (κ2) is 5.28. The van der Waals surface area contributed by atoms with E-state index in [1.165, 1.54) is 0 Å². The quantitative estimate of drug-likeness (QED) is 0.844. The van der Waals surface area contributed by atoms with Crippen LogP contribution >= 0.6 is 0 Å². The molecule has 0 bridgehead atoms. The number of fused-ring (bicyclic) bond motifs is 1. The summed E-state index contributed by atoms with van der Waals surface area (Å²) in [6, 6.07) is 0.288. The van der Waals surface area contributed by atoms with E-state index in [2.05, 4.69) is 10.2 Å². The van der Waals surface area contributed by atoms with E-state index in [0.29, 0.717) is 18.9 Å². The van der Waals surface area contributed by atoms with Gasteiger partial charge in [-0.1, -0.05) is 6.42 Å². The Labute approximate surface area is 113 Å². The molecule has 0 radical (unpaired) electrons. The minimum atomic E-state index is 0.244. The molecule has 2 atom stereocenters. The molecule has 19 heavy (non-hydrogen) atoms. The van der Waals surface area contributed by atoms with Gasteiger partial charge in [0.05, 0.1) is 6.54 Å². The van der Waals surface area contributed by atoms with Crippen LogP contribution in [0.25, 0.3) is 0 Å². The average molecular weight is 263 g/mol. The molecule has 2 N–H and O–H groups in total. The zero-order valence-electron chi connectivity index (χ0n) is 11.2. The number of hydrogen-bond acceptors (Lipinski definition) is 4. The Morgan fingerprint density at radius 3 is 3.16 bits per heavy atom. The van der Waals surface area contributed by atoms with Gasteiger partial charge >= 0.3 is 0 Å². The summed E-state index contributed by atoms with van der Waals surface area (Å²) >= 11 is 0. The topological polar surface area (TPSA) is 77.0 Å². The maximum atomic E-state index is 12.3. The maximum Gasteiger partial charge on any atom is 0.223 e. The first-order chi connectivity index (χ1) is 9.22. The number of carbonyl (C=O) groups is 1. The molecule has 1 aliphatic heterocycles. The maximum absolute atomic E-state index is 12.3. The Morgan fingerprint density at radius 1 is 1.42 bits per heavy atom. The fourth-order valence-corrected chi connectivity index (χ4v) is 3.17. The van der Waals surface area contributed by atoms with Crippen molar-refractivity contribution in [3.63, 3.8) is 0 Å². The lowest BCUT2D eigenvalue weighted by molar-refractivity contribution is -0.134. The Bertz CT molecular complexity index is 458. The van der Waals surface area contributed by atoms with Crippen molar-refractivity contribution >= 4 is 5.91 Å². The molecular weight excluding hydrogens is 242 g/mol. The molecule has 6 heteroatoms. The summed E-state index contributed by atoms with van der Waals surface area (Å²) in [4.78, 5) is 14.2. The lowest BCUT2D eigenvalue weighted by Crippen LogP contribution is -2.40. The zero-order valence-corrected chi connectivity index (χ0v) is 11.2. The molecule has 2 unspecified atom stereocenters. The molecule has 2 aliphatic rings. The number of rotatable bonds is 2. The van der Waals surface area contributed by atoms with Gasteiger partial charge < -0.3 is 15.2 Å². The van der Waals surface area contributed by atoms with Crippen LogP contribution in [-0.2, 0) is 17.9 Å². The van der Waals surface area contributed by atoms with Crippen molar-refractivity contribution in [3.05, 3.63) is 12.2 Å². The van der Waals surface area contributed by atoms with Crippen LogP contribution in [0.4, 0.5) is 0 Å². The minimum absolute atomic E-state index is 0.244. The number of nitrogens with two attached hydrogens (primary N) is 1. The normalized spacial score (nSPS) is 27.1. The van der Waals surface area contributed by atoms with Crippen LogP contribution in [0, 0.1) is 5.92 Å². The van der Waals surface area contributed by atoms with Crippen molar-refractivity contribution in [3.8, 4) is 0 Å². The van der Waals surface area contributed by atoms with Gasteiger partial charge in [-0.3, -0.25) is 4.79 Å². The van der Waals surface area contributed by atoms with Crippen molar-refractivity contribution in [1.82, 2.24) is 19.7 Å². The Morgan fingerprint density at radius 2 is 2.32 bits per heavy atom. The van der Waals surface area contributed by atoms with E-state index in [9.17, 15) is 4.79 Å². The molecule has 6 nitrogen and oxygen atoms in total. The second-order valence-electron chi connectivity index (χ2n) is 5.75. The van der Waals surface area contributed by atoms with Crippen molar-refractivity contribution in [2.75, 3.05) is 6.54 Å². The molecule has 0 spiro atoms. The van der Waals surface area contributed by atoms with Crippen LogP contribution in [0.3, 0.4) is 0 Å². The summed E-state index contributed by atoms with van der Waals surface area (Å²) in [5.74, 6) is 1.60. The average Bonchev–Trinajstić information content (AvgIpc) is 2.85. The minimum Gasteiger partial charge on any atom is -0.333 e. The molecular formula is C13H21N5O. The molecule has 104 valence electrons. The van der Waals surface area contributed by atoms with Gasteiger partial charge in [0.1, 0.15) is 6.33 Å². The van der Waals surface area contributed by atoms with E-state index >= 15 is 0 Å². The Hall–Kier alpha value is -1.43. The largest absolute Gasteiger partial charge is 0.333 e. The third-order valence-corrected chi connectivity index (χ3v) is 4.28. The predicted molar refractivity (Wildman–Crippen MR) is 70.0 cm³/mol. The highest BCUT2D eigenvalue weighted by Crippen LogP contribution is 2.26. The third kappa shape index (κ3) is 2.78. The molecule has 1 fully saturated rings. The van der Waals surface area contributed by atoms with Gasteiger partial charge in [-0.25, -0.2) is 0 Å². The molecule has 0 saturated heterocycles. The number of amides is 1. The van der Waals surface area contributed by atoms with E-state index in [-0.39, 0.29) is 11.9 Å². The summed E-state index contributed by atoms with van der Waals surface area (Å²) in [5.41, 5.74) is 5.98. The molecule has 3 rings (SSSR count). The first-order valence-electron chi connectivity index (χ1n) is 7.12. The second-order valence-corrected chi connectivity index (χ2v) is 5.75. The Kier molecular flexibility index (Phi) is 3.50. The lowest BCUT2D eigenvalue weighted by Gasteiger charge is -2.31. The fraction of sp³-hybridized carbons (Fsp3) is 0.769.